The van der Waals surface area contributed by atoms with Crippen molar-refractivity contribution in [3.8, 4) is 0 Å². The van der Waals surface area contributed by atoms with Crippen molar-refractivity contribution in [1.29, 1.82) is 0 Å². The van der Waals surface area contributed by atoms with E-state index in [-0.39, 0.29) is 17.8 Å². The van der Waals surface area contributed by atoms with Crippen molar-refractivity contribution in [1.82, 2.24) is 9.80 Å². The first-order valence-electron chi connectivity index (χ1n) is 7.36. The molecule has 0 spiro atoms. The Hall–Kier alpha value is -1.14. The largest absolute Gasteiger partial charge is 0.469 e. The van der Waals surface area contributed by atoms with E-state index in [4.69, 9.17) is 4.74 Å². The van der Waals surface area contributed by atoms with E-state index >= 15 is 0 Å². The maximum atomic E-state index is 12.3. The summed E-state index contributed by atoms with van der Waals surface area (Å²) in [6.45, 7) is 5.32. The Morgan fingerprint density at radius 3 is 2.40 bits per heavy atom. The highest BCUT2D eigenvalue weighted by atomic mass is 16.5. The van der Waals surface area contributed by atoms with Gasteiger partial charge >= 0.3 is 5.97 Å². The van der Waals surface area contributed by atoms with Crippen molar-refractivity contribution in [2.45, 2.75) is 19.3 Å². The number of carbonyl (C=O) groups is 2. The number of hydrogen-bond acceptors (Lipinski definition) is 5. The molecule has 2 heterocycles. The SMILES string of the molecule is COC(=O)CCN1CCN(C(=O)C2CCOCC2)CC1. The molecule has 2 aliphatic rings. The standard InChI is InChI=1S/C14H24N2O4/c1-19-13(17)2-5-15-6-8-16(9-7-15)14(18)12-3-10-20-11-4-12/h12H,2-11H2,1H3. The highest BCUT2D eigenvalue weighted by molar-refractivity contribution is 5.79. The van der Waals surface area contributed by atoms with E-state index in [1.807, 2.05) is 4.90 Å². The molecule has 6 heteroatoms. The third-order valence-corrected chi connectivity index (χ3v) is 4.11. The van der Waals surface area contributed by atoms with Crippen molar-refractivity contribution in [3.63, 3.8) is 0 Å². The third-order valence-electron chi connectivity index (χ3n) is 4.11. The molecule has 0 aromatic heterocycles. The molecule has 0 bridgehead atoms. The lowest BCUT2D eigenvalue weighted by molar-refractivity contribution is -0.143. The number of esters is 1. The zero-order valence-corrected chi connectivity index (χ0v) is 12.2. The van der Waals surface area contributed by atoms with E-state index in [0.717, 1.165) is 39.0 Å². The number of piperazine rings is 1. The zero-order chi connectivity index (χ0) is 14.4. The second-order valence-corrected chi connectivity index (χ2v) is 5.38. The van der Waals surface area contributed by atoms with Gasteiger partial charge in [0.1, 0.15) is 0 Å². The minimum absolute atomic E-state index is 0.144. The van der Waals surface area contributed by atoms with Crippen LogP contribution in [0.4, 0.5) is 0 Å². The Bertz CT molecular complexity index is 334. The molecule has 0 unspecified atom stereocenters. The van der Waals surface area contributed by atoms with Gasteiger partial charge < -0.3 is 14.4 Å². The van der Waals surface area contributed by atoms with Gasteiger partial charge in [0.25, 0.3) is 0 Å². The van der Waals surface area contributed by atoms with Gasteiger partial charge in [-0.2, -0.15) is 0 Å². The Kier molecular flexibility index (Phi) is 5.79. The van der Waals surface area contributed by atoms with Crippen molar-refractivity contribution >= 4 is 11.9 Å². The van der Waals surface area contributed by atoms with E-state index in [2.05, 4.69) is 9.64 Å². The first kappa shape index (κ1) is 15.3. The van der Waals surface area contributed by atoms with Crippen LogP contribution in [0.1, 0.15) is 19.3 Å². The summed E-state index contributed by atoms with van der Waals surface area (Å²) >= 11 is 0. The van der Waals surface area contributed by atoms with Gasteiger partial charge in [0.15, 0.2) is 0 Å². The minimum atomic E-state index is -0.175. The summed E-state index contributed by atoms with van der Waals surface area (Å²) in [5.41, 5.74) is 0. The van der Waals surface area contributed by atoms with Gasteiger partial charge in [-0.25, -0.2) is 0 Å². The molecule has 6 nitrogen and oxygen atoms in total. The molecule has 0 aromatic rings. The van der Waals surface area contributed by atoms with Crippen LogP contribution in [0.3, 0.4) is 0 Å². The van der Waals surface area contributed by atoms with Gasteiger partial charge in [-0.05, 0) is 12.8 Å². The molecule has 114 valence electrons. The number of nitrogens with zero attached hydrogens (tertiary/aromatic N) is 2. The molecule has 20 heavy (non-hydrogen) atoms. The van der Waals surface area contributed by atoms with Crippen LogP contribution in [0.25, 0.3) is 0 Å². The molecular formula is C14H24N2O4. The van der Waals surface area contributed by atoms with Crippen molar-refractivity contribution in [2.75, 3.05) is 53.0 Å². The summed E-state index contributed by atoms with van der Waals surface area (Å²) < 4.78 is 9.93. The molecule has 2 fully saturated rings. The molecule has 2 aliphatic heterocycles. The monoisotopic (exact) mass is 284 g/mol. The Balaban J connectivity index is 1.70. The van der Waals surface area contributed by atoms with Gasteiger partial charge in [-0.1, -0.05) is 0 Å². The van der Waals surface area contributed by atoms with Gasteiger partial charge in [0.05, 0.1) is 13.5 Å². The van der Waals surface area contributed by atoms with Crippen molar-refractivity contribution in [3.05, 3.63) is 0 Å². The van der Waals surface area contributed by atoms with Crippen LogP contribution in [0.15, 0.2) is 0 Å². The molecule has 0 atom stereocenters. The van der Waals surface area contributed by atoms with E-state index < -0.39 is 0 Å². The number of ether oxygens (including phenoxy) is 2. The smallest absolute Gasteiger partial charge is 0.306 e. The number of amides is 1. The Labute approximate surface area is 120 Å². The predicted molar refractivity (Wildman–Crippen MR) is 73.2 cm³/mol. The highest BCUT2D eigenvalue weighted by Crippen LogP contribution is 2.18. The van der Waals surface area contributed by atoms with Crippen LogP contribution in [-0.2, 0) is 19.1 Å². The topological polar surface area (TPSA) is 59.1 Å². The van der Waals surface area contributed by atoms with Crippen molar-refractivity contribution < 1.29 is 19.1 Å². The summed E-state index contributed by atoms with van der Waals surface area (Å²) in [4.78, 5) is 27.6. The normalized spacial score (nSPS) is 21.8. The summed E-state index contributed by atoms with van der Waals surface area (Å²) in [7, 11) is 1.41. The second-order valence-electron chi connectivity index (χ2n) is 5.38. The molecule has 2 saturated heterocycles. The molecule has 0 aromatic carbocycles. The average Bonchev–Trinajstić information content (AvgIpc) is 2.53. The van der Waals surface area contributed by atoms with E-state index in [1.54, 1.807) is 0 Å². The first-order valence-corrected chi connectivity index (χ1v) is 7.36. The average molecular weight is 284 g/mol. The van der Waals surface area contributed by atoms with Crippen LogP contribution < -0.4 is 0 Å². The third kappa shape index (κ3) is 4.18. The van der Waals surface area contributed by atoms with Gasteiger partial charge in [0.2, 0.25) is 5.91 Å². The van der Waals surface area contributed by atoms with Crippen LogP contribution in [0, 0.1) is 5.92 Å². The fourth-order valence-corrected chi connectivity index (χ4v) is 2.75. The fraction of sp³-hybridized carbons (Fsp3) is 0.857. The molecule has 0 saturated carbocycles. The highest BCUT2D eigenvalue weighted by Gasteiger charge is 2.28. The van der Waals surface area contributed by atoms with Crippen LogP contribution in [-0.4, -0.2) is 74.7 Å². The first-order chi connectivity index (χ1) is 9.70. The lowest BCUT2D eigenvalue weighted by Crippen LogP contribution is -2.51. The summed E-state index contributed by atoms with van der Waals surface area (Å²) in [6.07, 6.45) is 2.12. The molecule has 0 aliphatic carbocycles. The van der Waals surface area contributed by atoms with E-state index in [9.17, 15) is 9.59 Å². The van der Waals surface area contributed by atoms with Gasteiger partial charge in [0, 0.05) is 51.9 Å². The predicted octanol–water partition coefficient (Wildman–Crippen LogP) is 0.120. The minimum Gasteiger partial charge on any atom is -0.469 e. The molecule has 0 radical (unpaired) electrons. The quantitative estimate of drug-likeness (QED) is 0.686. The summed E-state index contributed by atoms with van der Waals surface area (Å²) in [6, 6.07) is 0. The summed E-state index contributed by atoms with van der Waals surface area (Å²) in [5, 5.41) is 0. The second kappa shape index (κ2) is 7.59. The maximum Gasteiger partial charge on any atom is 0.306 e. The molecule has 2 rings (SSSR count). The summed E-state index contributed by atoms with van der Waals surface area (Å²) in [5.74, 6) is 0.247. The number of methoxy groups -OCH3 is 1. The Morgan fingerprint density at radius 2 is 1.80 bits per heavy atom. The molecule has 0 N–H and O–H groups in total. The van der Waals surface area contributed by atoms with Gasteiger partial charge in [-0.3, -0.25) is 14.5 Å². The maximum absolute atomic E-state index is 12.3. The van der Waals surface area contributed by atoms with E-state index in [1.165, 1.54) is 7.11 Å². The van der Waals surface area contributed by atoms with E-state index in [0.29, 0.717) is 26.2 Å². The van der Waals surface area contributed by atoms with Crippen LogP contribution >= 0.6 is 0 Å². The van der Waals surface area contributed by atoms with Crippen LogP contribution in [0.5, 0.6) is 0 Å². The molecule has 1 amide bonds. The lowest BCUT2D eigenvalue weighted by atomic mass is 9.98. The zero-order valence-electron chi connectivity index (χ0n) is 12.2. The van der Waals surface area contributed by atoms with Crippen LogP contribution in [0.2, 0.25) is 0 Å². The Morgan fingerprint density at radius 1 is 1.15 bits per heavy atom. The van der Waals surface area contributed by atoms with Gasteiger partial charge in [-0.15, -0.1) is 0 Å². The number of carbonyl (C=O) groups excluding carboxylic acids is 2. The fourth-order valence-electron chi connectivity index (χ4n) is 2.75. The molecular weight excluding hydrogens is 260 g/mol. The number of rotatable bonds is 4. The van der Waals surface area contributed by atoms with Crippen molar-refractivity contribution in [2.24, 2.45) is 5.92 Å². The number of hydrogen-bond donors (Lipinski definition) is 0. The lowest BCUT2D eigenvalue weighted by Gasteiger charge is -2.37.